The van der Waals surface area contributed by atoms with Gasteiger partial charge in [0.15, 0.2) is 0 Å². The van der Waals surface area contributed by atoms with Gasteiger partial charge in [0.25, 0.3) is 0 Å². The molecule has 0 saturated heterocycles. The highest BCUT2D eigenvalue weighted by Gasteiger charge is 2.28. The Morgan fingerprint density at radius 1 is 0.914 bits per heavy atom. The second-order valence-electron chi connectivity index (χ2n) is 8.36. The highest BCUT2D eigenvalue weighted by molar-refractivity contribution is 7.91. The van der Waals surface area contributed by atoms with Gasteiger partial charge in [-0.15, -0.1) is 0 Å². The lowest BCUT2D eigenvalue weighted by atomic mass is 10.1. The SMILES string of the molecule is CCN(CC)CCCOc1ccc(S(=O)(=O)c2c(Cc3ccc(Cl)cc3)oc3ccccc23)cc1. The maximum atomic E-state index is 13.8. The number of hydrogen-bond donors (Lipinski definition) is 0. The van der Waals surface area contributed by atoms with Crippen LogP contribution in [0.2, 0.25) is 5.02 Å². The van der Waals surface area contributed by atoms with Crippen molar-refractivity contribution in [3.8, 4) is 5.75 Å². The minimum Gasteiger partial charge on any atom is -0.494 e. The van der Waals surface area contributed by atoms with E-state index in [1.165, 1.54) is 0 Å². The Morgan fingerprint density at radius 2 is 1.60 bits per heavy atom. The lowest BCUT2D eigenvalue weighted by Gasteiger charge is -2.17. The largest absolute Gasteiger partial charge is 0.494 e. The van der Waals surface area contributed by atoms with Gasteiger partial charge in [0.1, 0.15) is 22.0 Å². The maximum Gasteiger partial charge on any atom is 0.210 e. The molecule has 0 aliphatic carbocycles. The molecule has 0 aliphatic heterocycles. The number of rotatable bonds is 11. The molecule has 0 atom stereocenters. The van der Waals surface area contributed by atoms with Crippen molar-refractivity contribution in [2.45, 2.75) is 36.5 Å². The first kappa shape index (κ1) is 25.3. The molecular formula is C28H30ClNO4S. The van der Waals surface area contributed by atoms with E-state index in [1.807, 2.05) is 24.3 Å². The Kier molecular flexibility index (Phi) is 8.16. The summed E-state index contributed by atoms with van der Waals surface area (Å²) in [4.78, 5) is 2.75. The van der Waals surface area contributed by atoms with E-state index in [-0.39, 0.29) is 9.79 Å². The fraction of sp³-hybridized carbons (Fsp3) is 0.286. The van der Waals surface area contributed by atoms with Gasteiger partial charge >= 0.3 is 0 Å². The zero-order valence-corrected chi connectivity index (χ0v) is 21.6. The van der Waals surface area contributed by atoms with Crippen LogP contribution in [-0.2, 0) is 16.3 Å². The average molecular weight is 512 g/mol. The third kappa shape index (κ3) is 5.89. The van der Waals surface area contributed by atoms with E-state index in [4.69, 9.17) is 20.8 Å². The number of furan rings is 1. The van der Waals surface area contributed by atoms with Crippen molar-refractivity contribution in [3.63, 3.8) is 0 Å². The number of sulfone groups is 1. The summed E-state index contributed by atoms with van der Waals surface area (Å²) in [5, 5.41) is 1.20. The van der Waals surface area contributed by atoms with E-state index < -0.39 is 9.84 Å². The monoisotopic (exact) mass is 511 g/mol. The Bertz CT molecular complexity index is 1360. The number of para-hydroxylation sites is 1. The summed E-state index contributed by atoms with van der Waals surface area (Å²) >= 11 is 6.01. The Morgan fingerprint density at radius 3 is 2.29 bits per heavy atom. The average Bonchev–Trinajstić information content (AvgIpc) is 3.24. The third-order valence-electron chi connectivity index (χ3n) is 6.08. The second-order valence-corrected chi connectivity index (χ2v) is 10.7. The van der Waals surface area contributed by atoms with Crippen LogP contribution in [0, 0.1) is 0 Å². The predicted octanol–water partition coefficient (Wildman–Crippen LogP) is 6.62. The number of ether oxygens (including phenoxy) is 1. The van der Waals surface area contributed by atoms with Gasteiger partial charge in [0.05, 0.1) is 11.5 Å². The number of halogens is 1. The molecule has 5 nitrogen and oxygen atoms in total. The molecule has 7 heteroatoms. The molecule has 0 saturated carbocycles. The van der Waals surface area contributed by atoms with E-state index in [0.717, 1.165) is 31.6 Å². The molecule has 0 fully saturated rings. The molecule has 0 N–H and O–H groups in total. The normalized spacial score (nSPS) is 11.9. The summed E-state index contributed by atoms with van der Waals surface area (Å²) in [5.74, 6) is 1.06. The minimum atomic E-state index is -3.82. The molecule has 0 bridgehead atoms. The summed E-state index contributed by atoms with van der Waals surface area (Å²) < 4.78 is 39.4. The van der Waals surface area contributed by atoms with Gasteiger partial charge < -0.3 is 14.1 Å². The minimum absolute atomic E-state index is 0.205. The quantitative estimate of drug-likeness (QED) is 0.212. The van der Waals surface area contributed by atoms with E-state index in [2.05, 4.69) is 18.7 Å². The number of benzene rings is 3. The molecule has 0 amide bonds. The molecule has 0 spiro atoms. The van der Waals surface area contributed by atoms with Crippen LogP contribution in [0.1, 0.15) is 31.6 Å². The van der Waals surface area contributed by atoms with Gasteiger partial charge in [0, 0.05) is 23.4 Å². The van der Waals surface area contributed by atoms with Crippen LogP contribution in [0.5, 0.6) is 5.75 Å². The molecule has 4 aromatic rings. The van der Waals surface area contributed by atoms with Crippen molar-refractivity contribution in [2.24, 2.45) is 0 Å². The topological polar surface area (TPSA) is 59.8 Å². The van der Waals surface area contributed by atoms with Gasteiger partial charge in [-0.25, -0.2) is 8.42 Å². The van der Waals surface area contributed by atoms with Crippen molar-refractivity contribution in [3.05, 3.63) is 89.1 Å². The molecular weight excluding hydrogens is 482 g/mol. The fourth-order valence-electron chi connectivity index (χ4n) is 4.12. The molecule has 1 heterocycles. The van der Waals surface area contributed by atoms with Crippen LogP contribution < -0.4 is 4.74 Å². The fourth-order valence-corrected chi connectivity index (χ4v) is 5.85. The van der Waals surface area contributed by atoms with Crippen molar-refractivity contribution in [1.82, 2.24) is 4.90 Å². The van der Waals surface area contributed by atoms with E-state index in [9.17, 15) is 8.42 Å². The van der Waals surface area contributed by atoms with Crippen molar-refractivity contribution in [1.29, 1.82) is 0 Å². The first-order valence-corrected chi connectivity index (χ1v) is 13.7. The summed E-state index contributed by atoms with van der Waals surface area (Å²) in [6.45, 7) is 7.89. The lowest BCUT2D eigenvalue weighted by molar-refractivity contribution is 0.249. The van der Waals surface area contributed by atoms with Gasteiger partial charge in [-0.05, 0) is 73.6 Å². The Hall–Kier alpha value is -2.80. The van der Waals surface area contributed by atoms with E-state index >= 15 is 0 Å². The van der Waals surface area contributed by atoms with Gasteiger partial charge in [-0.3, -0.25) is 0 Å². The summed E-state index contributed by atoms with van der Waals surface area (Å²) in [5.41, 5.74) is 1.46. The third-order valence-corrected chi connectivity index (χ3v) is 8.21. The smallest absolute Gasteiger partial charge is 0.210 e. The summed E-state index contributed by atoms with van der Waals surface area (Å²) in [6, 6.07) is 21.2. The van der Waals surface area contributed by atoms with Crippen molar-refractivity contribution < 1.29 is 17.6 Å². The molecule has 4 rings (SSSR count). The Balaban J connectivity index is 1.57. The maximum absolute atomic E-state index is 13.8. The standard InChI is InChI=1S/C28H30ClNO4S/c1-3-30(4-2)18-7-19-33-23-14-16-24(17-15-23)35(31,32)28-25-8-5-6-9-26(25)34-27(28)20-21-10-12-22(29)13-11-21/h5-6,8-17H,3-4,7,18-20H2,1-2H3. The zero-order chi connectivity index (χ0) is 24.8. The molecule has 0 radical (unpaired) electrons. The van der Waals surface area contributed by atoms with Crippen LogP contribution in [0.15, 0.2) is 87.0 Å². The Labute approximate surface area is 212 Å². The first-order valence-electron chi connectivity index (χ1n) is 11.9. The zero-order valence-electron chi connectivity index (χ0n) is 20.0. The highest BCUT2D eigenvalue weighted by atomic mass is 35.5. The van der Waals surface area contributed by atoms with Crippen LogP contribution in [0.25, 0.3) is 11.0 Å². The molecule has 0 aliphatic rings. The number of nitrogens with zero attached hydrogens (tertiary/aromatic N) is 1. The number of hydrogen-bond acceptors (Lipinski definition) is 5. The molecule has 35 heavy (non-hydrogen) atoms. The predicted molar refractivity (Wildman–Crippen MR) is 140 cm³/mol. The molecule has 0 unspecified atom stereocenters. The van der Waals surface area contributed by atoms with Gasteiger partial charge in [-0.1, -0.05) is 49.7 Å². The van der Waals surface area contributed by atoms with Crippen LogP contribution >= 0.6 is 11.6 Å². The van der Waals surface area contributed by atoms with Crippen LogP contribution in [-0.4, -0.2) is 39.6 Å². The summed E-state index contributed by atoms with van der Waals surface area (Å²) in [6.07, 6.45) is 1.25. The molecule has 1 aromatic heterocycles. The van der Waals surface area contributed by atoms with E-state index in [1.54, 1.807) is 48.5 Å². The highest BCUT2D eigenvalue weighted by Crippen LogP contribution is 2.35. The number of fused-ring (bicyclic) bond motifs is 1. The lowest BCUT2D eigenvalue weighted by Crippen LogP contribution is -2.25. The van der Waals surface area contributed by atoms with Crippen LogP contribution in [0.3, 0.4) is 0 Å². The van der Waals surface area contributed by atoms with E-state index in [0.29, 0.717) is 40.5 Å². The van der Waals surface area contributed by atoms with Gasteiger partial charge in [-0.2, -0.15) is 0 Å². The molecule has 184 valence electrons. The summed E-state index contributed by atoms with van der Waals surface area (Å²) in [7, 11) is -3.82. The second kappa shape index (κ2) is 11.3. The van der Waals surface area contributed by atoms with Gasteiger partial charge in [0.2, 0.25) is 9.84 Å². The van der Waals surface area contributed by atoms with Crippen molar-refractivity contribution >= 4 is 32.4 Å². The first-order chi connectivity index (χ1) is 16.9. The van der Waals surface area contributed by atoms with Crippen LogP contribution in [0.4, 0.5) is 0 Å². The molecule has 3 aromatic carbocycles. The van der Waals surface area contributed by atoms with Crippen molar-refractivity contribution in [2.75, 3.05) is 26.2 Å².